The largest absolute Gasteiger partial charge is 0.383 e. The van der Waals surface area contributed by atoms with Crippen molar-refractivity contribution in [3.8, 4) is 0 Å². The van der Waals surface area contributed by atoms with Gasteiger partial charge >= 0.3 is 0 Å². The number of allylic oxidation sites excluding steroid dienone is 1. The molecule has 2 bridgehead atoms. The van der Waals surface area contributed by atoms with Crippen LogP contribution in [0.5, 0.6) is 0 Å². The zero-order chi connectivity index (χ0) is 20.9. The van der Waals surface area contributed by atoms with Crippen molar-refractivity contribution < 1.29 is 19.4 Å². The summed E-state index contributed by atoms with van der Waals surface area (Å²) in [5.41, 5.74) is 5.52. The summed E-state index contributed by atoms with van der Waals surface area (Å²) < 4.78 is 12.2. The number of ether oxygens (including phenoxy) is 2. The highest BCUT2D eigenvalue weighted by atomic mass is 16.7. The monoisotopic (exact) mass is 389 g/mol. The van der Waals surface area contributed by atoms with Gasteiger partial charge in [-0.15, -0.1) is 0 Å². The molecule has 0 radical (unpaired) electrons. The van der Waals surface area contributed by atoms with Gasteiger partial charge in [0.1, 0.15) is 11.7 Å². The van der Waals surface area contributed by atoms with Gasteiger partial charge in [0.15, 0.2) is 11.6 Å². The zero-order valence-corrected chi connectivity index (χ0v) is 18.2. The molecule has 0 aromatic carbocycles. The first-order valence-corrected chi connectivity index (χ1v) is 10.5. The first kappa shape index (κ1) is 20.3. The molecule has 2 fully saturated rings. The quantitative estimate of drug-likeness (QED) is 0.623. The van der Waals surface area contributed by atoms with E-state index in [1.54, 1.807) is 0 Å². The average molecular weight is 390 g/mol. The molecular formula is C23H35NO4. The summed E-state index contributed by atoms with van der Waals surface area (Å²) in [7, 11) is 0. The first-order valence-electron chi connectivity index (χ1n) is 10.5. The van der Waals surface area contributed by atoms with Gasteiger partial charge in [-0.1, -0.05) is 45.4 Å². The molecule has 0 aromatic rings. The second-order valence-corrected chi connectivity index (χ2v) is 10.7. The molecule has 5 nitrogen and oxygen atoms in total. The van der Waals surface area contributed by atoms with E-state index in [0.29, 0.717) is 12.5 Å². The summed E-state index contributed by atoms with van der Waals surface area (Å²) in [4.78, 5) is 14.2. The normalized spacial score (nSPS) is 49.3. The highest BCUT2D eigenvalue weighted by molar-refractivity contribution is 5.95. The third-order valence-electron chi connectivity index (χ3n) is 8.43. The van der Waals surface area contributed by atoms with Crippen LogP contribution in [0.4, 0.5) is 0 Å². The molecule has 1 spiro atoms. The zero-order valence-electron chi connectivity index (χ0n) is 18.2. The lowest BCUT2D eigenvalue weighted by molar-refractivity contribution is -0.294. The van der Waals surface area contributed by atoms with Crippen molar-refractivity contribution >= 4 is 5.78 Å². The number of nitrogens with two attached hydrogens (primary N) is 1. The molecule has 0 amide bonds. The number of ketones is 1. The lowest BCUT2D eigenvalue weighted by atomic mass is 9.59. The lowest BCUT2D eigenvalue weighted by Crippen LogP contribution is -2.69. The summed E-state index contributed by atoms with van der Waals surface area (Å²) in [5, 5.41) is 12.4. The Morgan fingerprint density at radius 1 is 1.18 bits per heavy atom. The van der Waals surface area contributed by atoms with Crippen molar-refractivity contribution in [3.63, 3.8) is 0 Å². The topological polar surface area (TPSA) is 81.8 Å². The fraction of sp³-hybridized carbons (Fsp3) is 0.783. The second-order valence-electron chi connectivity index (χ2n) is 10.7. The molecule has 28 heavy (non-hydrogen) atoms. The lowest BCUT2D eigenvalue weighted by Gasteiger charge is -2.52. The fourth-order valence-electron chi connectivity index (χ4n) is 6.26. The van der Waals surface area contributed by atoms with Crippen molar-refractivity contribution in [2.75, 3.05) is 6.61 Å². The van der Waals surface area contributed by atoms with E-state index < -0.39 is 28.9 Å². The third kappa shape index (κ3) is 2.25. The summed E-state index contributed by atoms with van der Waals surface area (Å²) in [5.74, 6) is -0.816. The van der Waals surface area contributed by atoms with Crippen LogP contribution in [0.15, 0.2) is 23.3 Å². The molecule has 1 heterocycles. The number of Topliss-reactive ketones (excluding diaryl/α,β-unsaturated/α-hetero) is 1. The van der Waals surface area contributed by atoms with E-state index in [0.717, 1.165) is 17.6 Å². The number of hydrogen-bond acceptors (Lipinski definition) is 5. The van der Waals surface area contributed by atoms with E-state index in [-0.39, 0.29) is 23.0 Å². The molecule has 1 aliphatic heterocycles. The fourth-order valence-corrected chi connectivity index (χ4v) is 6.26. The highest BCUT2D eigenvalue weighted by Gasteiger charge is 2.72. The Morgan fingerprint density at radius 2 is 1.82 bits per heavy atom. The van der Waals surface area contributed by atoms with E-state index in [4.69, 9.17) is 15.2 Å². The molecule has 0 aromatic heterocycles. The Hall–Kier alpha value is -1.01. The molecule has 1 saturated heterocycles. The molecule has 3 N–H and O–H groups in total. The van der Waals surface area contributed by atoms with Gasteiger partial charge in [0, 0.05) is 5.92 Å². The average Bonchev–Trinajstić information content (AvgIpc) is 2.73. The first-order chi connectivity index (χ1) is 12.8. The van der Waals surface area contributed by atoms with Crippen LogP contribution in [0.2, 0.25) is 0 Å². The van der Waals surface area contributed by atoms with Gasteiger partial charge in [-0.3, -0.25) is 4.79 Å². The summed E-state index contributed by atoms with van der Waals surface area (Å²) in [6.07, 6.45) is 4.20. The molecule has 1 saturated carbocycles. The summed E-state index contributed by atoms with van der Waals surface area (Å²) in [6, 6.07) is -0.656. The maximum atomic E-state index is 14.2. The van der Waals surface area contributed by atoms with Gasteiger partial charge in [-0.05, 0) is 50.0 Å². The Morgan fingerprint density at radius 3 is 2.46 bits per heavy atom. The Labute approximate surface area is 168 Å². The molecule has 4 rings (SSSR count). The molecular weight excluding hydrogens is 354 g/mol. The van der Waals surface area contributed by atoms with Crippen molar-refractivity contribution in [3.05, 3.63) is 23.3 Å². The van der Waals surface area contributed by atoms with Crippen LogP contribution in [-0.2, 0) is 14.3 Å². The standard InChI is InChI=1S/C23H35NO4/c1-12-10-22-14(3)8-13(2)20(4,5)16(18(22)25)9-15-11-27-21(6,7)28-19(15)23(22,26)17(12)24/h9-10,13-14,16-17,19,26H,8,11,24H2,1-7H3/t13-,14-,16-,17?,19-,22+,23?/m1/s1. The van der Waals surface area contributed by atoms with E-state index in [2.05, 4.69) is 27.7 Å². The van der Waals surface area contributed by atoms with Crippen LogP contribution >= 0.6 is 0 Å². The molecule has 156 valence electrons. The minimum Gasteiger partial charge on any atom is -0.383 e. The van der Waals surface area contributed by atoms with Crippen LogP contribution in [-0.4, -0.2) is 41.0 Å². The second kappa shape index (κ2) is 5.78. The minimum absolute atomic E-state index is 0.0462. The summed E-state index contributed by atoms with van der Waals surface area (Å²) in [6.45, 7) is 14.6. The predicted octanol–water partition coefficient (Wildman–Crippen LogP) is 2.97. The Bertz CT molecular complexity index is 781. The maximum Gasteiger partial charge on any atom is 0.164 e. The van der Waals surface area contributed by atoms with Gasteiger partial charge in [0.25, 0.3) is 0 Å². The molecule has 7 atom stereocenters. The van der Waals surface area contributed by atoms with Crippen LogP contribution in [0.25, 0.3) is 0 Å². The third-order valence-corrected chi connectivity index (χ3v) is 8.43. The molecule has 4 aliphatic rings. The number of rotatable bonds is 0. The number of aliphatic hydroxyl groups is 1. The Balaban J connectivity index is 2.04. The maximum absolute atomic E-state index is 14.2. The van der Waals surface area contributed by atoms with Gasteiger partial charge < -0.3 is 20.3 Å². The number of fused-ring (bicyclic) bond motifs is 3. The predicted molar refractivity (Wildman–Crippen MR) is 107 cm³/mol. The van der Waals surface area contributed by atoms with Crippen LogP contribution in [0.1, 0.15) is 54.9 Å². The van der Waals surface area contributed by atoms with E-state index in [1.165, 1.54) is 0 Å². The van der Waals surface area contributed by atoms with Crippen molar-refractivity contribution in [1.82, 2.24) is 0 Å². The number of hydrogen-bond donors (Lipinski definition) is 2. The smallest absolute Gasteiger partial charge is 0.164 e. The van der Waals surface area contributed by atoms with Crippen LogP contribution < -0.4 is 5.73 Å². The highest BCUT2D eigenvalue weighted by Crippen LogP contribution is 2.62. The molecule has 5 heteroatoms. The molecule has 2 unspecified atom stereocenters. The van der Waals surface area contributed by atoms with Crippen molar-refractivity contribution in [2.45, 2.75) is 78.4 Å². The van der Waals surface area contributed by atoms with Crippen LogP contribution in [0, 0.1) is 28.6 Å². The van der Waals surface area contributed by atoms with Crippen molar-refractivity contribution in [2.24, 2.45) is 34.3 Å². The van der Waals surface area contributed by atoms with Crippen molar-refractivity contribution in [1.29, 1.82) is 0 Å². The van der Waals surface area contributed by atoms with Gasteiger partial charge in [0.2, 0.25) is 0 Å². The van der Waals surface area contributed by atoms with E-state index in [9.17, 15) is 9.90 Å². The van der Waals surface area contributed by atoms with Crippen LogP contribution in [0.3, 0.4) is 0 Å². The number of carbonyl (C=O) groups excluding carboxylic acids is 1. The number of carbonyl (C=O) groups is 1. The molecule has 3 aliphatic carbocycles. The van der Waals surface area contributed by atoms with Gasteiger partial charge in [-0.2, -0.15) is 0 Å². The minimum atomic E-state index is -1.52. The van der Waals surface area contributed by atoms with E-state index in [1.807, 2.05) is 32.9 Å². The van der Waals surface area contributed by atoms with Gasteiger partial charge in [-0.25, -0.2) is 0 Å². The van der Waals surface area contributed by atoms with E-state index >= 15 is 0 Å². The SMILES string of the molecule is CC1=C[C@]23C(=O)[C@@H](C=C4COC(C)(C)O[C@H]4C2(O)C1N)C(C)(C)[C@H](C)C[C@H]3C. The van der Waals surface area contributed by atoms with Gasteiger partial charge in [0.05, 0.1) is 18.1 Å². The Kier molecular flexibility index (Phi) is 4.18. The summed E-state index contributed by atoms with van der Waals surface area (Å²) >= 11 is 0.